The third-order valence-electron chi connectivity index (χ3n) is 2.30. The number of nitrogens with one attached hydrogen (secondary N) is 1. The van der Waals surface area contributed by atoms with E-state index in [0.29, 0.717) is 5.84 Å². The Balaban J connectivity index is 2.32. The molecule has 1 aromatic rings. The van der Waals surface area contributed by atoms with Crippen LogP contribution in [0, 0.1) is 5.41 Å². The lowest BCUT2D eigenvalue weighted by atomic mass is 10.1. The Hall–Kier alpha value is -1.57. The van der Waals surface area contributed by atoms with Gasteiger partial charge in [0.1, 0.15) is 5.84 Å². The Kier molecular flexibility index (Phi) is 1.89. The van der Waals surface area contributed by atoms with Crippen molar-refractivity contribution in [2.75, 3.05) is 6.54 Å². The van der Waals surface area contributed by atoms with Crippen molar-refractivity contribution >= 4 is 5.84 Å². The molecular weight excluding hydrogens is 160 g/mol. The van der Waals surface area contributed by atoms with Crippen LogP contribution in [-0.4, -0.2) is 17.3 Å². The van der Waals surface area contributed by atoms with E-state index >= 15 is 0 Å². The molecule has 1 aromatic carbocycles. The molecule has 0 aromatic heterocycles. The summed E-state index contributed by atoms with van der Waals surface area (Å²) in [6.45, 7) is 5.29. The third kappa shape index (κ3) is 1.24. The number of nitrogens with zero attached hydrogens (tertiary/aromatic N) is 1. The number of hydrogen-bond donors (Lipinski definition) is 1. The maximum Gasteiger partial charge on any atom is 0.128 e. The summed E-state index contributed by atoms with van der Waals surface area (Å²) in [6, 6.07) is 8.07. The molecule has 0 amide bonds. The summed E-state index contributed by atoms with van der Waals surface area (Å²) in [5.41, 5.74) is 2.30. The van der Waals surface area contributed by atoms with E-state index in [1.54, 1.807) is 0 Å². The molecule has 0 saturated carbocycles. The van der Waals surface area contributed by atoms with E-state index in [1.165, 1.54) is 5.56 Å². The molecule has 2 nitrogen and oxygen atoms in total. The zero-order chi connectivity index (χ0) is 9.26. The van der Waals surface area contributed by atoms with Gasteiger partial charge >= 0.3 is 0 Å². The second-order valence-corrected chi connectivity index (χ2v) is 3.17. The molecule has 0 saturated heterocycles. The Morgan fingerprint density at radius 3 is 2.92 bits per heavy atom. The molecule has 0 radical (unpaired) electrons. The van der Waals surface area contributed by atoms with Crippen molar-refractivity contribution in [3.8, 4) is 0 Å². The minimum Gasteiger partial charge on any atom is -0.349 e. The van der Waals surface area contributed by atoms with Gasteiger partial charge in [-0.1, -0.05) is 30.3 Å². The van der Waals surface area contributed by atoms with Gasteiger partial charge in [-0.3, -0.25) is 5.41 Å². The fourth-order valence-corrected chi connectivity index (χ4v) is 1.66. The van der Waals surface area contributed by atoms with Crippen LogP contribution in [0.2, 0.25) is 0 Å². The van der Waals surface area contributed by atoms with Crippen LogP contribution in [0.15, 0.2) is 36.9 Å². The summed E-state index contributed by atoms with van der Waals surface area (Å²) < 4.78 is 0. The van der Waals surface area contributed by atoms with Gasteiger partial charge in [0, 0.05) is 18.7 Å². The van der Waals surface area contributed by atoms with Crippen LogP contribution in [0.5, 0.6) is 0 Å². The van der Waals surface area contributed by atoms with Gasteiger partial charge in [-0.25, -0.2) is 0 Å². The fourth-order valence-electron chi connectivity index (χ4n) is 1.66. The van der Waals surface area contributed by atoms with Crippen LogP contribution in [0.25, 0.3) is 0 Å². The van der Waals surface area contributed by atoms with Gasteiger partial charge in [0.25, 0.3) is 0 Å². The SMILES string of the molecule is C=CCN1Cc2ccccc2C1=N. The highest BCUT2D eigenvalue weighted by Crippen LogP contribution is 2.21. The second-order valence-electron chi connectivity index (χ2n) is 3.17. The molecule has 1 aliphatic rings. The highest BCUT2D eigenvalue weighted by molar-refractivity contribution is 6.00. The maximum atomic E-state index is 7.87. The topological polar surface area (TPSA) is 27.1 Å². The van der Waals surface area contributed by atoms with E-state index in [1.807, 2.05) is 29.2 Å². The molecule has 0 unspecified atom stereocenters. The predicted octanol–water partition coefficient (Wildman–Crippen LogP) is 2.01. The number of hydrogen-bond acceptors (Lipinski definition) is 1. The van der Waals surface area contributed by atoms with Crippen molar-refractivity contribution < 1.29 is 0 Å². The van der Waals surface area contributed by atoms with Crippen molar-refractivity contribution in [1.82, 2.24) is 4.90 Å². The third-order valence-corrected chi connectivity index (χ3v) is 2.30. The largest absolute Gasteiger partial charge is 0.349 e. The molecule has 0 aliphatic carbocycles. The predicted molar refractivity (Wildman–Crippen MR) is 53.9 cm³/mol. The first kappa shape index (κ1) is 8.05. The highest BCUT2D eigenvalue weighted by atomic mass is 15.2. The maximum absolute atomic E-state index is 7.87. The molecule has 0 spiro atoms. The average Bonchev–Trinajstić information content (AvgIpc) is 2.46. The Morgan fingerprint density at radius 1 is 1.46 bits per heavy atom. The van der Waals surface area contributed by atoms with E-state index in [4.69, 9.17) is 5.41 Å². The monoisotopic (exact) mass is 172 g/mol. The molecule has 13 heavy (non-hydrogen) atoms. The normalized spacial score (nSPS) is 14.5. The van der Waals surface area contributed by atoms with Gasteiger partial charge in [-0.15, -0.1) is 6.58 Å². The molecule has 1 N–H and O–H groups in total. The van der Waals surface area contributed by atoms with Gasteiger partial charge in [-0.2, -0.15) is 0 Å². The van der Waals surface area contributed by atoms with E-state index in [-0.39, 0.29) is 0 Å². The van der Waals surface area contributed by atoms with E-state index in [9.17, 15) is 0 Å². The van der Waals surface area contributed by atoms with Crippen molar-refractivity contribution in [3.05, 3.63) is 48.0 Å². The van der Waals surface area contributed by atoms with Crippen molar-refractivity contribution in [2.45, 2.75) is 6.54 Å². The molecule has 1 heterocycles. The number of fused-ring (bicyclic) bond motifs is 1. The summed E-state index contributed by atoms with van der Waals surface area (Å²) in [5, 5.41) is 7.87. The molecule has 2 heteroatoms. The van der Waals surface area contributed by atoms with Crippen LogP contribution < -0.4 is 0 Å². The Morgan fingerprint density at radius 2 is 2.23 bits per heavy atom. The summed E-state index contributed by atoms with van der Waals surface area (Å²) in [6.07, 6.45) is 1.83. The smallest absolute Gasteiger partial charge is 0.128 e. The lowest BCUT2D eigenvalue weighted by Gasteiger charge is -2.14. The quantitative estimate of drug-likeness (QED) is 0.679. The number of rotatable bonds is 2. The zero-order valence-corrected chi connectivity index (χ0v) is 7.46. The number of amidine groups is 1. The summed E-state index contributed by atoms with van der Waals surface area (Å²) in [4.78, 5) is 2.01. The molecule has 2 rings (SSSR count). The Labute approximate surface area is 78.0 Å². The molecular formula is C11H12N2. The van der Waals surface area contributed by atoms with Gasteiger partial charge in [0.2, 0.25) is 0 Å². The first-order valence-electron chi connectivity index (χ1n) is 4.35. The molecule has 0 fully saturated rings. The second kappa shape index (κ2) is 3.05. The fraction of sp³-hybridized carbons (Fsp3) is 0.182. The van der Waals surface area contributed by atoms with Crippen molar-refractivity contribution in [3.63, 3.8) is 0 Å². The minimum absolute atomic E-state index is 0.621. The van der Waals surface area contributed by atoms with Crippen LogP contribution in [0.1, 0.15) is 11.1 Å². The number of benzene rings is 1. The van der Waals surface area contributed by atoms with Gasteiger partial charge in [0.15, 0.2) is 0 Å². The van der Waals surface area contributed by atoms with Crippen molar-refractivity contribution in [1.29, 1.82) is 5.41 Å². The lowest BCUT2D eigenvalue weighted by molar-refractivity contribution is 0.475. The molecule has 1 aliphatic heterocycles. The zero-order valence-electron chi connectivity index (χ0n) is 7.46. The van der Waals surface area contributed by atoms with Crippen LogP contribution in [0.3, 0.4) is 0 Å². The standard InChI is InChI=1S/C11H12N2/c1-2-7-13-8-9-5-3-4-6-10(9)11(13)12/h2-6,12H,1,7-8H2. The summed E-state index contributed by atoms with van der Waals surface area (Å²) in [5.74, 6) is 0.621. The van der Waals surface area contributed by atoms with Gasteiger partial charge < -0.3 is 4.90 Å². The first-order valence-corrected chi connectivity index (χ1v) is 4.35. The van der Waals surface area contributed by atoms with E-state index < -0.39 is 0 Å². The molecule has 0 bridgehead atoms. The van der Waals surface area contributed by atoms with Gasteiger partial charge in [0.05, 0.1) is 0 Å². The van der Waals surface area contributed by atoms with Crippen LogP contribution in [0.4, 0.5) is 0 Å². The minimum atomic E-state index is 0.621. The van der Waals surface area contributed by atoms with Crippen molar-refractivity contribution in [2.24, 2.45) is 0 Å². The van der Waals surface area contributed by atoms with Crippen LogP contribution >= 0.6 is 0 Å². The first-order chi connectivity index (χ1) is 6.33. The van der Waals surface area contributed by atoms with E-state index in [0.717, 1.165) is 18.7 Å². The highest BCUT2D eigenvalue weighted by Gasteiger charge is 2.21. The molecule has 0 atom stereocenters. The Bertz CT molecular complexity index is 355. The summed E-state index contributed by atoms with van der Waals surface area (Å²) in [7, 11) is 0. The van der Waals surface area contributed by atoms with Crippen LogP contribution in [-0.2, 0) is 6.54 Å². The van der Waals surface area contributed by atoms with E-state index in [2.05, 4.69) is 12.6 Å². The lowest BCUT2D eigenvalue weighted by Crippen LogP contribution is -2.23. The van der Waals surface area contributed by atoms with Gasteiger partial charge in [-0.05, 0) is 5.56 Å². The summed E-state index contributed by atoms with van der Waals surface area (Å²) >= 11 is 0. The molecule has 66 valence electrons. The average molecular weight is 172 g/mol.